The van der Waals surface area contributed by atoms with E-state index in [1.807, 2.05) is 24.3 Å². The van der Waals surface area contributed by atoms with Gasteiger partial charge in [-0.25, -0.2) is 0 Å². The van der Waals surface area contributed by atoms with E-state index in [1.165, 1.54) is 0 Å². The molecule has 1 unspecified atom stereocenters. The van der Waals surface area contributed by atoms with E-state index in [9.17, 15) is 0 Å². The molecular formula is C10H11ClN2. The van der Waals surface area contributed by atoms with Crippen molar-refractivity contribution in [3.05, 3.63) is 34.9 Å². The van der Waals surface area contributed by atoms with E-state index in [1.54, 1.807) is 0 Å². The zero-order valence-corrected chi connectivity index (χ0v) is 8.17. The second-order valence-corrected chi connectivity index (χ2v) is 3.62. The topological polar surface area (TPSA) is 24.4 Å². The maximum atomic E-state index is 6.03. The van der Waals surface area contributed by atoms with Crippen LogP contribution in [-0.2, 0) is 0 Å². The maximum absolute atomic E-state index is 6.03. The highest BCUT2D eigenvalue weighted by molar-refractivity contribution is 6.34. The van der Waals surface area contributed by atoms with Crippen LogP contribution < -0.4 is 5.32 Å². The minimum Gasteiger partial charge on any atom is -0.366 e. The molecule has 13 heavy (non-hydrogen) atoms. The van der Waals surface area contributed by atoms with Crippen molar-refractivity contribution in [3.8, 4) is 0 Å². The summed E-state index contributed by atoms with van der Waals surface area (Å²) < 4.78 is 0. The minimum atomic E-state index is 0.422. The zero-order valence-electron chi connectivity index (χ0n) is 7.42. The Morgan fingerprint density at radius 3 is 2.85 bits per heavy atom. The molecule has 0 saturated carbocycles. The molecule has 0 aromatic heterocycles. The van der Waals surface area contributed by atoms with Gasteiger partial charge in [0.2, 0.25) is 0 Å². The zero-order chi connectivity index (χ0) is 9.26. The number of aliphatic imine (C=N–C) groups is 1. The van der Waals surface area contributed by atoms with Gasteiger partial charge in [0.1, 0.15) is 5.84 Å². The Morgan fingerprint density at radius 2 is 2.23 bits per heavy atom. The summed E-state index contributed by atoms with van der Waals surface area (Å²) in [6.07, 6.45) is 0. The molecule has 0 fully saturated rings. The van der Waals surface area contributed by atoms with Gasteiger partial charge < -0.3 is 5.32 Å². The Morgan fingerprint density at radius 1 is 1.46 bits per heavy atom. The summed E-state index contributed by atoms with van der Waals surface area (Å²) in [6, 6.07) is 8.17. The number of rotatable bonds is 1. The van der Waals surface area contributed by atoms with Gasteiger partial charge in [0.25, 0.3) is 0 Å². The molecular weight excluding hydrogens is 184 g/mol. The Labute approximate surface area is 82.6 Å². The van der Waals surface area contributed by atoms with E-state index in [0.717, 1.165) is 23.0 Å². The molecule has 0 saturated heterocycles. The van der Waals surface area contributed by atoms with E-state index >= 15 is 0 Å². The summed E-state index contributed by atoms with van der Waals surface area (Å²) in [6.45, 7) is 2.94. The van der Waals surface area contributed by atoms with Crippen molar-refractivity contribution in [1.29, 1.82) is 0 Å². The van der Waals surface area contributed by atoms with Gasteiger partial charge >= 0.3 is 0 Å². The van der Waals surface area contributed by atoms with Gasteiger partial charge in [-0.15, -0.1) is 0 Å². The summed E-state index contributed by atoms with van der Waals surface area (Å²) in [5.41, 5.74) is 0.994. The molecule has 1 aromatic rings. The third-order valence-corrected chi connectivity index (χ3v) is 2.36. The largest absolute Gasteiger partial charge is 0.366 e. The summed E-state index contributed by atoms with van der Waals surface area (Å²) in [7, 11) is 0. The van der Waals surface area contributed by atoms with Crippen LogP contribution in [0.4, 0.5) is 0 Å². The fourth-order valence-corrected chi connectivity index (χ4v) is 1.59. The van der Waals surface area contributed by atoms with Crippen molar-refractivity contribution in [2.75, 3.05) is 6.54 Å². The van der Waals surface area contributed by atoms with Gasteiger partial charge in [0, 0.05) is 11.6 Å². The van der Waals surface area contributed by atoms with Crippen LogP contribution in [0.2, 0.25) is 5.02 Å². The summed E-state index contributed by atoms with van der Waals surface area (Å²) in [5.74, 6) is 0.915. The SMILES string of the molecule is CC1CN=C(c2ccccc2Cl)N1. The second kappa shape index (κ2) is 3.38. The Kier molecular flexibility index (Phi) is 2.23. The van der Waals surface area contributed by atoms with Crippen LogP contribution in [0.25, 0.3) is 0 Å². The van der Waals surface area contributed by atoms with Crippen LogP contribution in [-0.4, -0.2) is 18.4 Å². The van der Waals surface area contributed by atoms with E-state index < -0.39 is 0 Å². The fraction of sp³-hybridized carbons (Fsp3) is 0.300. The molecule has 0 spiro atoms. The number of nitrogens with one attached hydrogen (secondary N) is 1. The summed E-state index contributed by atoms with van der Waals surface area (Å²) >= 11 is 6.03. The summed E-state index contributed by atoms with van der Waals surface area (Å²) in [5, 5.41) is 4.03. The lowest BCUT2D eigenvalue weighted by Gasteiger charge is -2.06. The van der Waals surface area contributed by atoms with Gasteiger partial charge in [0.15, 0.2) is 0 Å². The highest BCUT2D eigenvalue weighted by atomic mass is 35.5. The quantitative estimate of drug-likeness (QED) is 0.728. The minimum absolute atomic E-state index is 0.422. The first-order valence-corrected chi connectivity index (χ1v) is 4.71. The predicted molar refractivity (Wildman–Crippen MR) is 55.5 cm³/mol. The molecule has 3 heteroatoms. The molecule has 0 amide bonds. The lowest BCUT2D eigenvalue weighted by molar-refractivity contribution is 0.726. The Balaban J connectivity index is 2.31. The fourth-order valence-electron chi connectivity index (χ4n) is 1.37. The Bertz CT molecular complexity index is 347. The monoisotopic (exact) mass is 194 g/mol. The molecule has 0 aliphatic carbocycles. The van der Waals surface area contributed by atoms with Crippen molar-refractivity contribution >= 4 is 17.4 Å². The number of nitrogens with zero attached hydrogens (tertiary/aromatic N) is 1. The lowest BCUT2D eigenvalue weighted by atomic mass is 10.2. The van der Waals surface area contributed by atoms with Crippen LogP contribution in [0.1, 0.15) is 12.5 Å². The van der Waals surface area contributed by atoms with Crippen molar-refractivity contribution < 1.29 is 0 Å². The first-order valence-electron chi connectivity index (χ1n) is 4.33. The van der Waals surface area contributed by atoms with Crippen molar-refractivity contribution in [2.45, 2.75) is 13.0 Å². The number of hydrogen-bond donors (Lipinski definition) is 1. The van der Waals surface area contributed by atoms with Crippen LogP contribution in [0.15, 0.2) is 29.3 Å². The van der Waals surface area contributed by atoms with E-state index in [-0.39, 0.29) is 0 Å². The van der Waals surface area contributed by atoms with Gasteiger partial charge in [-0.05, 0) is 19.1 Å². The van der Waals surface area contributed by atoms with Crippen molar-refractivity contribution in [1.82, 2.24) is 5.32 Å². The van der Waals surface area contributed by atoms with Crippen molar-refractivity contribution in [2.24, 2.45) is 4.99 Å². The molecule has 68 valence electrons. The van der Waals surface area contributed by atoms with E-state index in [4.69, 9.17) is 11.6 Å². The standard InChI is InChI=1S/C10H11ClN2/c1-7-6-12-10(13-7)8-4-2-3-5-9(8)11/h2-5,7H,6H2,1H3,(H,12,13). The molecule has 0 bridgehead atoms. The molecule has 1 atom stereocenters. The smallest absolute Gasteiger partial charge is 0.130 e. The molecule has 2 nitrogen and oxygen atoms in total. The van der Waals surface area contributed by atoms with Crippen LogP contribution in [0, 0.1) is 0 Å². The van der Waals surface area contributed by atoms with Crippen LogP contribution in [0.5, 0.6) is 0 Å². The number of halogens is 1. The first kappa shape index (κ1) is 8.57. The molecule has 1 aliphatic rings. The Hall–Kier alpha value is -1.02. The predicted octanol–water partition coefficient (Wildman–Crippen LogP) is 2.08. The maximum Gasteiger partial charge on any atom is 0.130 e. The lowest BCUT2D eigenvalue weighted by Crippen LogP contribution is -2.27. The van der Waals surface area contributed by atoms with Gasteiger partial charge in [0.05, 0.1) is 11.6 Å². The van der Waals surface area contributed by atoms with Gasteiger partial charge in [-0.2, -0.15) is 0 Å². The third-order valence-electron chi connectivity index (χ3n) is 2.04. The molecule has 1 heterocycles. The molecule has 1 N–H and O–H groups in total. The number of hydrogen-bond acceptors (Lipinski definition) is 2. The highest BCUT2D eigenvalue weighted by Gasteiger charge is 2.15. The van der Waals surface area contributed by atoms with E-state index in [2.05, 4.69) is 17.2 Å². The van der Waals surface area contributed by atoms with Crippen molar-refractivity contribution in [3.63, 3.8) is 0 Å². The normalized spacial score (nSPS) is 21.1. The third kappa shape index (κ3) is 1.68. The van der Waals surface area contributed by atoms with Crippen LogP contribution in [0.3, 0.4) is 0 Å². The van der Waals surface area contributed by atoms with Crippen LogP contribution >= 0.6 is 11.6 Å². The average Bonchev–Trinajstić information content (AvgIpc) is 2.53. The van der Waals surface area contributed by atoms with Gasteiger partial charge in [-0.3, -0.25) is 4.99 Å². The average molecular weight is 195 g/mol. The van der Waals surface area contributed by atoms with E-state index in [0.29, 0.717) is 6.04 Å². The number of benzene rings is 1. The highest BCUT2D eigenvalue weighted by Crippen LogP contribution is 2.16. The summed E-state index contributed by atoms with van der Waals surface area (Å²) in [4.78, 5) is 4.37. The van der Waals surface area contributed by atoms with Gasteiger partial charge in [-0.1, -0.05) is 23.7 Å². The number of amidine groups is 1. The first-order chi connectivity index (χ1) is 6.27. The molecule has 0 radical (unpaired) electrons. The molecule has 1 aromatic carbocycles. The second-order valence-electron chi connectivity index (χ2n) is 3.21. The molecule has 2 rings (SSSR count). The molecule has 1 aliphatic heterocycles.